The number of pyridine rings is 1. The van der Waals surface area contributed by atoms with Gasteiger partial charge in [-0.1, -0.05) is 11.6 Å². The lowest BCUT2D eigenvalue weighted by Gasteiger charge is -2.07. The fourth-order valence-electron chi connectivity index (χ4n) is 1.29. The first-order chi connectivity index (χ1) is 6.62. The van der Waals surface area contributed by atoms with E-state index in [-0.39, 0.29) is 12.2 Å². The molecule has 0 aliphatic heterocycles. The van der Waals surface area contributed by atoms with Crippen LogP contribution in [0.5, 0.6) is 0 Å². The van der Waals surface area contributed by atoms with Gasteiger partial charge in [-0.3, -0.25) is 9.78 Å². The lowest BCUT2D eigenvalue weighted by Crippen LogP contribution is -2.34. The van der Waals surface area contributed by atoms with Gasteiger partial charge in [-0.25, -0.2) is 0 Å². The molecule has 1 aliphatic carbocycles. The molecule has 1 aliphatic rings. The lowest BCUT2D eigenvalue weighted by atomic mass is 10.1. The second-order valence-electron chi connectivity index (χ2n) is 3.69. The van der Waals surface area contributed by atoms with Crippen LogP contribution < -0.4 is 5.73 Å². The van der Waals surface area contributed by atoms with Gasteiger partial charge in [-0.05, 0) is 25.0 Å². The Morgan fingerprint density at radius 3 is 2.93 bits per heavy atom. The average molecular weight is 211 g/mol. The van der Waals surface area contributed by atoms with Crippen molar-refractivity contribution in [2.24, 2.45) is 5.73 Å². The first kappa shape index (κ1) is 9.62. The Kier molecular flexibility index (Phi) is 2.29. The first-order valence-electron chi connectivity index (χ1n) is 4.53. The molecule has 1 heterocycles. The number of nitrogens with two attached hydrogens (primary N) is 1. The van der Waals surface area contributed by atoms with Crippen molar-refractivity contribution in [2.45, 2.75) is 24.8 Å². The minimum atomic E-state index is -0.582. The number of aromatic nitrogens is 1. The van der Waals surface area contributed by atoms with E-state index in [0.29, 0.717) is 10.7 Å². The summed E-state index contributed by atoms with van der Waals surface area (Å²) in [6.45, 7) is 0. The minimum Gasteiger partial charge on any atom is -0.319 e. The van der Waals surface area contributed by atoms with Gasteiger partial charge in [0.05, 0.1) is 22.7 Å². The van der Waals surface area contributed by atoms with Gasteiger partial charge < -0.3 is 5.73 Å². The Morgan fingerprint density at radius 1 is 1.64 bits per heavy atom. The molecule has 1 fully saturated rings. The third-order valence-electron chi connectivity index (χ3n) is 2.51. The van der Waals surface area contributed by atoms with Crippen LogP contribution in [0.15, 0.2) is 18.3 Å². The molecule has 1 aromatic rings. The Labute approximate surface area is 87.3 Å². The van der Waals surface area contributed by atoms with Gasteiger partial charge in [0, 0.05) is 6.20 Å². The molecule has 0 aromatic carbocycles. The number of hydrogen-bond acceptors (Lipinski definition) is 3. The summed E-state index contributed by atoms with van der Waals surface area (Å²) < 4.78 is 0. The SMILES string of the molecule is NC1(C(=O)Cc2ncccc2Cl)CC1. The predicted molar refractivity (Wildman–Crippen MR) is 54.1 cm³/mol. The molecule has 2 rings (SSSR count). The molecular formula is C10H11ClN2O. The van der Waals surface area contributed by atoms with Gasteiger partial charge in [0.2, 0.25) is 0 Å². The van der Waals surface area contributed by atoms with Gasteiger partial charge in [-0.2, -0.15) is 0 Å². The lowest BCUT2D eigenvalue weighted by molar-refractivity contribution is -0.120. The fraction of sp³-hybridized carbons (Fsp3) is 0.400. The van der Waals surface area contributed by atoms with Crippen molar-refractivity contribution in [3.05, 3.63) is 29.0 Å². The summed E-state index contributed by atoms with van der Waals surface area (Å²) >= 11 is 5.88. The smallest absolute Gasteiger partial charge is 0.158 e. The number of halogens is 1. The van der Waals surface area contributed by atoms with E-state index in [2.05, 4.69) is 4.98 Å². The van der Waals surface area contributed by atoms with Crippen LogP contribution in [0.1, 0.15) is 18.5 Å². The van der Waals surface area contributed by atoms with Crippen LogP contribution in [0.4, 0.5) is 0 Å². The zero-order chi connectivity index (χ0) is 10.2. The maximum absolute atomic E-state index is 11.6. The van der Waals surface area contributed by atoms with Gasteiger partial charge in [0.15, 0.2) is 5.78 Å². The molecule has 0 amide bonds. The second-order valence-corrected chi connectivity index (χ2v) is 4.10. The standard InChI is InChI=1S/C10H11ClN2O/c11-7-2-1-5-13-8(7)6-9(14)10(12)3-4-10/h1-2,5H,3-4,6,12H2. The van der Waals surface area contributed by atoms with E-state index in [1.807, 2.05) is 0 Å². The van der Waals surface area contributed by atoms with E-state index in [4.69, 9.17) is 17.3 Å². The average Bonchev–Trinajstić information content (AvgIpc) is 2.89. The zero-order valence-electron chi connectivity index (χ0n) is 7.66. The van der Waals surface area contributed by atoms with E-state index in [1.165, 1.54) is 0 Å². The highest BCUT2D eigenvalue weighted by Gasteiger charge is 2.45. The number of carbonyl (C=O) groups excluding carboxylic acids is 1. The zero-order valence-corrected chi connectivity index (χ0v) is 8.42. The molecule has 2 N–H and O–H groups in total. The molecule has 1 aromatic heterocycles. The monoisotopic (exact) mass is 210 g/mol. The van der Waals surface area contributed by atoms with Crippen LogP contribution >= 0.6 is 11.6 Å². The molecule has 0 unspecified atom stereocenters. The number of rotatable bonds is 3. The van der Waals surface area contributed by atoms with Crippen molar-refractivity contribution >= 4 is 17.4 Å². The van der Waals surface area contributed by atoms with E-state index in [1.54, 1.807) is 18.3 Å². The van der Waals surface area contributed by atoms with E-state index in [0.717, 1.165) is 12.8 Å². The summed E-state index contributed by atoms with van der Waals surface area (Å²) in [7, 11) is 0. The maximum atomic E-state index is 11.6. The third kappa shape index (κ3) is 1.79. The number of hydrogen-bond donors (Lipinski definition) is 1. The third-order valence-corrected chi connectivity index (χ3v) is 2.85. The molecular weight excluding hydrogens is 200 g/mol. The predicted octanol–water partition coefficient (Wildman–Crippen LogP) is 1.34. The molecule has 0 bridgehead atoms. The number of ketones is 1. The van der Waals surface area contributed by atoms with Gasteiger partial charge in [-0.15, -0.1) is 0 Å². The molecule has 0 radical (unpaired) electrons. The van der Waals surface area contributed by atoms with Crippen LogP contribution in [-0.2, 0) is 11.2 Å². The van der Waals surface area contributed by atoms with E-state index < -0.39 is 5.54 Å². The summed E-state index contributed by atoms with van der Waals surface area (Å²) in [4.78, 5) is 15.7. The van der Waals surface area contributed by atoms with Crippen molar-refractivity contribution in [3.63, 3.8) is 0 Å². The van der Waals surface area contributed by atoms with Crippen molar-refractivity contribution in [1.29, 1.82) is 0 Å². The molecule has 3 nitrogen and oxygen atoms in total. The number of carbonyl (C=O) groups is 1. The molecule has 4 heteroatoms. The maximum Gasteiger partial charge on any atom is 0.158 e. The van der Waals surface area contributed by atoms with Crippen LogP contribution in [0.3, 0.4) is 0 Å². The number of nitrogens with zero attached hydrogens (tertiary/aromatic N) is 1. The largest absolute Gasteiger partial charge is 0.319 e. The fourth-order valence-corrected chi connectivity index (χ4v) is 1.48. The second kappa shape index (κ2) is 3.33. The summed E-state index contributed by atoms with van der Waals surface area (Å²) in [6, 6.07) is 3.47. The molecule has 0 saturated heterocycles. The van der Waals surface area contributed by atoms with Gasteiger partial charge in [0.1, 0.15) is 0 Å². The minimum absolute atomic E-state index is 0.0399. The quantitative estimate of drug-likeness (QED) is 0.819. The molecule has 0 atom stereocenters. The highest BCUT2D eigenvalue weighted by atomic mass is 35.5. The molecule has 14 heavy (non-hydrogen) atoms. The summed E-state index contributed by atoms with van der Waals surface area (Å²) in [5.74, 6) is 0.0399. The van der Waals surface area contributed by atoms with E-state index in [9.17, 15) is 4.79 Å². The Hall–Kier alpha value is -0.930. The highest BCUT2D eigenvalue weighted by molar-refractivity contribution is 6.31. The van der Waals surface area contributed by atoms with E-state index >= 15 is 0 Å². The van der Waals surface area contributed by atoms with Crippen LogP contribution in [0, 0.1) is 0 Å². The van der Waals surface area contributed by atoms with Crippen LogP contribution in [0.25, 0.3) is 0 Å². The number of Topliss-reactive ketones (excluding diaryl/α,β-unsaturated/α-hetero) is 1. The van der Waals surface area contributed by atoms with Gasteiger partial charge in [0.25, 0.3) is 0 Å². The molecule has 1 saturated carbocycles. The normalized spacial score (nSPS) is 17.9. The first-order valence-corrected chi connectivity index (χ1v) is 4.91. The Morgan fingerprint density at radius 2 is 2.36 bits per heavy atom. The summed E-state index contributed by atoms with van der Waals surface area (Å²) in [6.07, 6.45) is 3.45. The van der Waals surface area contributed by atoms with Gasteiger partial charge >= 0.3 is 0 Å². The Balaban J connectivity index is 2.11. The van der Waals surface area contributed by atoms with Crippen molar-refractivity contribution < 1.29 is 4.79 Å². The van der Waals surface area contributed by atoms with Crippen molar-refractivity contribution in [1.82, 2.24) is 4.98 Å². The highest BCUT2D eigenvalue weighted by Crippen LogP contribution is 2.34. The van der Waals surface area contributed by atoms with Crippen LogP contribution in [-0.4, -0.2) is 16.3 Å². The topological polar surface area (TPSA) is 56.0 Å². The molecule has 0 spiro atoms. The summed E-state index contributed by atoms with van der Waals surface area (Å²) in [5.41, 5.74) is 5.81. The van der Waals surface area contributed by atoms with Crippen LogP contribution in [0.2, 0.25) is 5.02 Å². The molecule has 74 valence electrons. The van der Waals surface area contributed by atoms with Crippen molar-refractivity contribution in [3.8, 4) is 0 Å². The van der Waals surface area contributed by atoms with Crippen molar-refractivity contribution in [2.75, 3.05) is 0 Å². The summed E-state index contributed by atoms with van der Waals surface area (Å²) in [5, 5.41) is 0.533. The Bertz CT molecular complexity index is 374.